The molecule has 4 aromatic heterocycles. The summed E-state index contributed by atoms with van der Waals surface area (Å²) >= 11 is 0. The first-order valence-electron chi connectivity index (χ1n) is 11.5. The Balaban J connectivity index is 0.000000191. The molecule has 0 aromatic carbocycles. The van der Waals surface area contributed by atoms with Gasteiger partial charge in [0.05, 0.1) is 34.2 Å². The van der Waals surface area contributed by atoms with Gasteiger partial charge in [0.2, 0.25) is 0 Å². The van der Waals surface area contributed by atoms with Crippen LogP contribution in [0.25, 0.3) is 11.3 Å². The van der Waals surface area contributed by atoms with Gasteiger partial charge in [-0.3, -0.25) is 9.97 Å². The first kappa shape index (κ1) is 24.5. The van der Waals surface area contributed by atoms with Crippen LogP contribution < -0.4 is 0 Å². The van der Waals surface area contributed by atoms with Crippen LogP contribution in [-0.2, 0) is 0 Å². The molecule has 1 fully saturated rings. The zero-order chi connectivity index (χ0) is 23.3. The van der Waals surface area contributed by atoms with Crippen molar-refractivity contribution in [3.8, 4) is 0 Å². The van der Waals surface area contributed by atoms with E-state index < -0.39 is 0 Å². The first-order valence-corrected chi connectivity index (χ1v) is 11.5. The molecule has 6 heteroatoms. The number of aryl methyl sites for hydroxylation is 6. The van der Waals surface area contributed by atoms with Crippen LogP contribution >= 0.6 is 0 Å². The molecule has 0 unspecified atom stereocenters. The fourth-order valence-electron chi connectivity index (χ4n) is 3.47. The van der Waals surface area contributed by atoms with Crippen molar-refractivity contribution >= 4 is 11.3 Å². The number of fused-ring (bicyclic) bond motifs is 2. The maximum Gasteiger partial charge on any atom is 0.159 e. The molecule has 0 bridgehead atoms. The molecule has 0 amide bonds. The molecule has 168 valence electrons. The quantitative estimate of drug-likeness (QED) is 0.364. The summed E-state index contributed by atoms with van der Waals surface area (Å²) in [7, 11) is 0. The number of hydrogen-bond donors (Lipinski definition) is 0. The maximum atomic E-state index is 4.59. The Morgan fingerprint density at radius 1 is 0.645 bits per heavy atom. The van der Waals surface area contributed by atoms with Crippen LogP contribution in [0.2, 0.25) is 0 Å². The SMILES string of the molecule is CC.CC.Cc1cn2c(C)c(C)nc(C)c2n1.Cc1cn2cc(C)nc2c(C2CC2)n1. The van der Waals surface area contributed by atoms with Crippen LogP contribution in [0.3, 0.4) is 0 Å². The van der Waals surface area contributed by atoms with Crippen molar-refractivity contribution in [1.29, 1.82) is 0 Å². The molecule has 1 aliphatic carbocycles. The summed E-state index contributed by atoms with van der Waals surface area (Å²) in [6.07, 6.45) is 8.71. The molecule has 5 rings (SSSR count). The Hall–Kier alpha value is -2.76. The zero-order valence-electron chi connectivity index (χ0n) is 20.9. The molecule has 0 atom stereocenters. The molecule has 4 heterocycles. The van der Waals surface area contributed by atoms with Crippen LogP contribution in [0.5, 0.6) is 0 Å². The molecule has 0 N–H and O–H groups in total. The van der Waals surface area contributed by atoms with Crippen LogP contribution in [0.1, 0.15) is 86.3 Å². The predicted octanol–water partition coefficient (Wildman–Crippen LogP) is 6.24. The first-order chi connectivity index (χ1) is 14.8. The molecular weight excluding hydrogens is 384 g/mol. The summed E-state index contributed by atoms with van der Waals surface area (Å²) in [6.45, 7) is 20.2. The topological polar surface area (TPSA) is 60.4 Å². The average molecular weight is 423 g/mol. The molecule has 0 aliphatic heterocycles. The molecule has 0 spiro atoms. The fourth-order valence-corrected chi connectivity index (χ4v) is 3.47. The Labute approximate surface area is 186 Å². The summed E-state index contributed by atoms with van der Waals surface area (Å²) in [5.41, 5.74) is 9.64. The van der Waals surface area contributed by atoms with Crippen LogP contribution in [0, 0.1) is 41.5 Å². The minimum Gasteiger partial charge on any atom is -0.303 e. The van der Waals surface area contributed by atoms with Gasteiger partial charge in [-0.25, -0.2) is 9.97 Å². The Morgan fingerprint density at radius 2 is 1.16 bits per heavy atom. The second-order valence-corrected chi connectivity index (χ2v) is 7.60. The second-order valence-electron chi connectivity index (χ2n) is 7.60. The summed E-state index contributed by atoms with van der Waals surface area (Å²) in [5, 5.41) is 0. The molecule has 1 saturated carbocycles. The number of hydrogen-bond acceptors (Lipinski definition) is 4. The van der Waals surface area contributed by atoms with Gasteiger partial charge in [-0.15, -0.1) is 0 Å². The van der Waals surface area contributed by atoms with E-state index in [0.717, 1.165) is 39.8 Å². The fraction of sp³-hybridized carbons (Fsp3) is 0.520. The van der Waals surface area contributed by atoms with Gasteiger partial charge in [-0.05, 0) is 54.4 Å². The third kappa shape index (κ3) is 5.49. The average Bonchev–Trinajstić information content (AvgIpc) is 3.42. The molecule has 0 saturated heterocycles. The highest BCUT2D eigenvalue weighted by molar-refractivity contribution is 5.49. The van der Waals surface area contributed by atoms with Crippen molar-refractivity contribution in [2.75, 3.05) is 0 Å². The van der Waals surface area contributed by atoms with Gasteiger partial charge in [-0.2, -0.15) is 0 Å². The van der Waals surface area contributed by atoms with Crippen LogP contribution in [0.4, 0.5) is 0 Å². The standard InChI is InChI=1S/C11H13N3.C10H13N3.2C2H6/c1-7-5-14-6-8(2)13-11(14)10(12-7)9-3-4-9;1-6-5-13-9(4)7(2)12-8(3)10(13)11-6;2*1-2/h5-6,9H,3-4H2,1-2H3;5H,1-4H3;2*1-2H3. The van der Waals surface area contributed by atoms with Crippen molar-refractivity contribution in [3.05, 3.63) is 58.4 Å². The maximum absolute atomic E-state index is 4.59. The van der Waals surface area contributed by atoms with Crippen LogP contribution in [0.15, 0.2) is 18.6 Å². The highest BCUT2D eigenvalue weighted by Gasteiger charge is 2.28. The van der Waals surface area contributed by atoms with E-state index in [4.69, 9.17) is 0 Å². The highest BCUT2D eigenvalue weighted by Crippen LogP contribution is 2.40. The van der Waals surface area contributed by atoms with E-state index in [0.29, 0.717) is 5.92 Å². The molecular formula is C25H38N6. The molecule has 6 nitrogen and oxygen atoms in total. The monoisotopic (exact) mass is 422 g/mol. The lowest BCUT2D eigenvalue weighted by Crippen LogP contribution is -1.99. The smallest absolute Gasteiger partial charge is 0.159 e. The van der Waals surface area contributed by atoms with Crippen molar-refractivity contribution in [2.45, 2.75) is 88.0 Å². The lowest BCUT2D eigenvalue weighted by atomic mass is 10.3. The lowest BCUT2D eigenvalue weighted by Gasteiger charge is -2.04. The number of aromatic nitrogens is 6. The van der Waals surface area contributed by atoms with Crippen molar-refractivity contribution in [1.82, 2.24) is 28.7 Å². The van der Waals surface area contributed by atoms with Crippen molar-refractivity contribution < 1.29 is 0 Å². The number of imidazole rings is 2. The van der Waals surface area contributed by atoms with Gasteiger partial charge in [0.1, 0.15) is 0 Å². The molecule has 1 aliphatic rings. The summed E-state index contributed by atoms with van der Waals surface area (Å²) in [6, 6.07) is 0. The summed E-state index contributed by atoms with van der Waals surface area (Å²) < 4.78 is 4.21. The Morgan fingerprint density at radius 3 is 1.74 bits per heavy atom. The van der Waals surface area contributed by atoms with Crippen LogP contribution in [-0.4, -0.2) is 28.7 Å². The number of rotatable bonds is 1. The third-order valence-electron chi connectivity index (χ3n) is 5.04. The third-order valence-corrected chi connectivity index (χ3v) is 5.04. The van der Waals surface area contributed by atoms with Gasteiger partial charge < -0.3 is 8.80 Å². The Kier molecular flexibility index (Phi) is 8.31. The molecule has 31 heavy (non-hydrogen) atoms. The van der Waals surface area contributed by atoms with E-state index >= 15 is 0 Å². The summed E-state index contributed by atoms with van der Waals surface area (Å²) in [5.74, 6) is 0.666. The second kappa shape index (κ2) is 10.5. The van der Waals surface area contributed by atoms with E-state index in [-0.39, 0.29) is 0 Å². The Bertz CT molecular complexity index is 1150. The molecule has 0 radical (unpaired) electrons. The van der Waals surface area contributed by atoms with E-state index in [1.165, 1.54) is 24.2 Å². The summed E-state index contributed by atoms with van der Waals surface area (Å²) in [4.78, 5) is 18.0. The van der Waals surface area contributed by atoms with E-state index in [2.05, 4.69) is 41.9 Å². The predicted molar refractivity (Wildman–Crippen MR) is 129 cm³/mol. The van der Waals surface area contributed by atoms with Gasteiger partial charge >= 0.3 is 0 Å². The minimum absolute atomic E-state index is 0.666. The van der Waals surface area contributed by atoms with Gasteiger partial charge in [0.25, 0.3) is 0 Å². The lowest BCUT2D eigenvalue weighted by molar-refractivity contribution is 0.952. The largest absolute Gasteiger partial charge is 0.303 e. The van der Waals surface area contributed by atoms with E-state index in [1.54, 1.807) is 0 Å². The zero-order valence-corrected chi connectivity index (χ0v) is 20.9. The van der Waals surface area contributed by atoms with Crippen molar-refractivity contribution in [3.63, 3.8) is 0 Å². The van der Waals surface area contributed by atoms with E-state index in [1.807, 2.05) is 74.7 Å². The highest BCUT2D eigenvalue weighted by atomic mass is 15.0. The number of nitrogens with zero attached hydrogens (tertiary/aromatic N) is 6. The van der Waals surface area contributed by atoms with Gasteiger partial charge in [0, 0.05) is 30.2 Å². The molecule has 4 aromatic rings. The minimum atomic E-state index is 0.666. The van der Waals surface area contributed by atoms with Crippen molar-refractivity contribution in [2.24, 2.45) is 0 Å². The van der Waals surface area contributed by atoms with Gasteiger partial charge in [0.15, 0.2) is 11.3 Å². The van der Waals surface area contributed by atoms with E-state index in [9.17, 15) is 0 Å². The normalized spacial score (nSPS) is 12.5. The van der Waals surface area contributed by atoms with Gasteiger partial charge in [-0.1, -0.05) is 27.7 Å².